The number of phenolic OH excluding ortho intramolecular Hbond substituents is 1. The van der Waals surface area contributed by atoms with Crippen LogP contribution in [0, 0.1) is 31.6 Å². The number of aryl methyl sites for hydroxylation is 3. The van der Waals surface area contributed by atoms with E-state index in [1.807, 2.05) is 56.3 Å². The molecule has 0 saturated carbocycles. The van der Waals surface area contributed by atoms with Crippen LogP contribution in [0.5, 0.6) is 5.75 Å². The predicted octanol–water partition coefficient (Wildman–Crippen LogP) is 5.21. The summed E-state index contributed by atoms with van der Waals surface area (Å²) in [4.78, 5) is 55.8. The topological polar surface area (TPSA) is 91.8 Å². The summed E-state index contributed by atoms with van der Waals surface area (Å²) in [6.07, 6.45) is 4.93. The Morgan fingerprint density at radius 3 is 2.23 bits per heavy atom. The molecule has 6 heteroatoms. The number of allylic oxidation sites excluding steroid dienone is 6. The van der Waals surface area contributed by atoms with Crippen LogP contribution in [0.15, 0.2) is 70.8 Å². The summed E-state index contributed by atoms with van der Waals surface area (Å²) in [5.41, 5.74) is 6.08. The molecule has 2 aromatic rings. The maximum atomic E-state index is 14.0. The summed E-state index contributed by atoms with van der Waals surface area (Å²) in [7, 11) is 0. The smallest absolute Gasteiger partial charge is 0.238 e. The molecule has 6 rings (SSSR count). The SMILES string of the molecule is CCc1ccc(N2C(=O)[C@H]3[C@H](CC=C4[C@H](c5cc(C)c(O)c(C)c5)C5=C(C[C@H]43)C(=O)C=C(C)C5=O)C2=O)cc1. The normalized spacial score (nSPS) is 26.3. The van der Waals surface area contributed by atoms with Crippen LogP contribution in [0.1, 0.15) is 54.9 Å². The molecule has 1 aliphatic heterocycles. The van der Waals surface area contributed by atoms with Gasteiger partial charge in [-0.3, -0.25) is 24.1 Å². The van der Waals surface area contributed by atoms with Crippen molar-refractivity contribution in [2.24, 2.45) is 17.8 Å². The van der Waals surface area contributed by atoms with Crippen molar-refractivity contribution in [3.63, 3.8) is 0 Å². The summed E-state index contributed by atoms with van der Waals surface area (Å²) in [6, 6.07) is 11.2. The lowest BCUT2D eigenvalue weighted by Gasteiger charge is -2.42. The third kappa shape index (κ3) is 3.68. The van der Waals surface area contributed by atoms with Crippen LogP contribution in [-0.2, 0) is 25.6 Å². The summed E-state index contributed by atoms with van der Waals surface area (Å²) >= 11 is 0. The first-order valence-corrected chi connectivity index (χ1v) is 13.6. The maximum absolute atomic E-state index is 14.0. The average molecular weight is 522 g/mol. The van der Waals surface area contributed by atoms with Gasteiger partial charge in [-0.2, -0.15) is 0 Å². The highest BCUT2D eigenvalue weighted by Crippen LogP contribution is 2.55. The second-order valence-electron chi connectivity index (χ2n) is 11.3. The van der Waals surface area contributed by atoms with Crippen LogP contribution in [0.2, 0.25) is 0 Å². The van der Waals surface area contributed by atoms with Crippen molar-refractivity contribution in [2.45, 2.75) is 52.9 Å². The van der Waals surface area contributed by atoms with E-state index in [0.29, 0.717) is 40.0 Å². The maximum Gasteiger partial charge on any atom is 0.238 e. The third-order valence-electron chi connectivity index (χ3n) is 9.01. The zero-order valence-corrected chi connectivity index (χ0v) is 22.6. The van der Waals surface area contributed by atoms with E-state index in [1.165, 1.54) is 11.0 Å². The van der Waals surface area contributed by atoms with Gasteiger partial charge in [0.15, 0.2) is 11.6 Å². The lowest BCUT2D eigenvalue weighted by atomic mass is 9.59. The van der Waals surface area contributed by atoms with Crippen LogP contribution in [0.25, 0.3) is 0 Å². The van der Waals surface area contributed by atoms with Crippen LogP contribution in [-0.4, -0.2) is 28.5 Å². The Balaban J connectivity index is 1.48. The van der Waals surface area contributed by atoms with Gasteiger partial charge in [0.1, 0.15) is 5.75 Å². The fourth-order valence-electron chi connectivity index (χ4n) is 7.03. The Hall–Kier alpha value is -4.06. The molecule has 1 N–H and O–H groups in total. The summed E-state index contributed by atoms with van der Waals surface area (Å²) in [5, 5.41) is 10.4. The Morgan fingerprint density at radius 2 is 1.59 bits per heavy atom. The number of benzene rings is 2. The fourth-order valence-corrected chi connectivity index (χ4v) is 7.03. The molecule has 2 aromatic carbocycles. The number of carbonyl (C=O) groups excluding carboxylic acids is 4. The lowest BCUT2D eigenvalue weighted by Crippen LogP contribution is -2.39. The minimum Gasteiger partial charge on any atom is -0.507 e. The molecule has 198 valence electrons. The number of aromatic hydroxyl groups is 1. The molecule has 1 saturated heterocycles. The molecule has 0 spiro atoms. The molecule has 3 aliphatic carbocycles. The molecular formula is C33H31NO5. The monoisotopic (exact) mass is 521 g/mol. The quantitative estimate of drug-likeness (QED) is 0.340. The van der Waals surface area contributed by atoms with Crippen molar-refractivity contribution in [1.82, 2.24) is 0 Å². The lowest BCUT2D eigenvalue weighted by molar-refractivity contribution is -0.123. The highest BCUT2D eigenvalue weighted by molar-refractivity contribution is 6.25. The molecule has 4 atom stereocenters. The van der Waals surface area contributed by atoms with E-state index >= 15 is 0 Å². The minimum atomic E-state index is -0.603. The van der Waals surface area contributed by atoms with E-state index in [1.54, 1.807) is 6.92 Å². The van der Waals surface area contributed by atoms with Gasteiger partial charge >= 0.3 is 0 Å². The Morgan fingerprint density at radius 1 is 0.923 bits per heavy atom. The number of imide groups is 1. The zero-order valence-electron chi connectivity index (χ0n) is 22.6. The van der Waals surface area contributed by atoms with E-state index in [2.05, 4.69) is 6.92 Å². The van der Waals surface area contributed by atoms with Crippen LogP contribution in [0.4, 0.5) is 5.69 Å². The van der Waals surface area contributed by atoms with Crippen molar-refractivity contribution < 1.29 is 24.3 Å². The molecule has 0 unspecified atom stereocenters. The third-order valence-corrected chi connectivity index (χ3v) is 9.01. The Labute approximate surface area is 227 Å². The molecule has 0 radical (unpaired) electrons. The van der Waals surface area contributed by atoms with Crippen molar-refractivity contribution in [1.29, 1.82) is 0 Å². The van der Waals surface area contributed by atoms with Gasteiger partial charge in [-0.05, 0) is 86.4 Å². The van der Waals surface area contributed by atoms with Crippen molar-refractivity contribution in [3.05, 3.63) is 93.1 Å². The highest BCUT2D eigenvalue weighted by atomic mass is 16.3. The van der Waals surface area contributed by atoms with Gasteiger partial charge in [0.2, 0.25) is 11.8 Å². The number of nitrogens with zero attached hydrogens (tertiary/aromatic N) is 1. The second kappa shape index (κ2) is 9.01. The number of phenols is 1. The van der Waals surface area contributed by atoms with E-state index in [0.717, 1.165) is 23.1 Å². The van der Waals surface area contributed by atoms with Gasteiger partial charge in [0.25, 0.3) is 0 Å². The van der Waals surface area contributed by atoms with Gasteiger partial charge in [-0.1, -0.05) is 42.8 Å². The van der Waals surface area contributed by atoms with Crippen molar-refractivity contribution >= 4 is 29.1 Å². The zero-order chi connectivity index (χ0) is 27.7. The molecule has 0 bridgehead atoms. The number of anilines is 1. The van der Waals surface area contributed by atoms with E-state index in [9.17, 15) is 24.3 Å². The van der Waals surface area contributed by atoms with E-state index in [4.69, 9.17) is 0 Å². The Kier molecular flexibility index (Phi) is 5.83. The minimum absolute atomic E-state index is 0.161. The van der Waals surface area contributed by atoms with Gasteiger partial charge in [-0.25, -0.2) is 0 Å². The highest BCUT2D eigenvalue weighted by Gasteiger charge is 2.56. The standard InChI is InChI=1S/C33H31NO5/c1-5-19-6-8-21(9-7-19)34-32(38)23-11-10-22-24(28(23)33(34)39)15-25-26(35)14-18(4)31(37)29(25)27(22)20-12-16(2)30(36)17(3)13-20/h6-10,12-14,23-24,27-28,36H,5,11,15H2,1-4H3/t23-,24+,27-,28-/m0/s1. The summed E-state index contributed by atoms with van der Waals surface area (Å²) < 4.78 is 0. The molecule has 4 aliphatic rings. The first-order valence-electron chi connectivity index (χ1n) is 13.6. The number of ketones is 2. The van der Waals surface area contributed by atoms with Crippen LogP contribution in [0.3, 0.4) is 0 Å². The van der Waals surface area contributed by atoms with Crippen LogP contribution >= 0.6 is 0 Å². The number of fused-ring (bicyclic) bond motifs is 3. The fraction of sp³-hybridized carbons (Fsp3) is 0.333. The van der Waals surface area contributed by atoms with Gasteiger partial charge in [0, 0.05) is 22.6 Å². The van der Waals surface area contributed by atoms with Crippen LogP contribution < -0.4 is 4.90 Å². The molecular weight excluding hydrogens is 490 g/mol. The van der Waals surface area contributed by atoms with Gasteiger partial charge < -0.3 is 5.11 Å². The molecule has 1 fully saturated rings. The molecule has 1 heterocycles. The van der Waals surface area contributed by atoms with Gasteiger partial charge in [-0.15, -0.1) is 0 Å². The van der Waals surface area contributed by atoms with E-state index in [-0.39, 0.29) is 41.5 Å². The second-order valence-corrected chi connectivity index (χ2v) is 11.3. The largest absolute Gasteiger partial charge is 0.507 e. The number of rotatable bonds is 3. The van der Waals surface area contributed by atoms with Crippen molar-refractivity contribution in [3.8, 4) is 5.75 Å². The number of hydrogen-bond donors (Lipinski definition) is 1. The first kappa shape index (κ1) is 25.2. The van der Waals surface area contributed by atoms with E-state index < -0.39 is 17.8 Å². The molecule has 0 aromatic heterocycles. The Bertz CT molecular complexity index is 1550. The molecule has 39 heavy (non-hydrogen) atoms. The van der Waals surface area contributed by atoms with Gasteiger partial charge in [0.05, 0.1) is 17.5 Å². The summed E-state index contributed by atoms with van der Waals surface area (Å²) in [5.74, 6) is -2.62. The first-order chi connectivity index (χ1) is 18.6. The molecule has 6 nitrogen and oxygen atoms in total. The number of amides is 2. The average Bonchev–Trinajstić information content (AvgIpc) is 3.18. The summed E-state index contributed by atoms with van der Waals surface area (Å²) in [6.45, 7) is 7.34. The molecule has 2 amide bonds. The predicted molar refractivity (Wildman–Crippen MR) is 147 cm³/mol. The number of carbonyl (C=O) groups is 4. The van der Waals surface area contributed by atoms with Crippen molar-refractivity contribution in [2.75, 3.05) is 4.90 Å². The number of hydrogen-bond acceptors (Lipinski definition) is 5. The number of Topliss-reactive ketones (excluding diaryl/α,β-unsaturated/α-hetero) is 1.